The number of anilines is 1. The van der Waals surface area contributed by atoms with Crippen LogP contribution in [-0.2, 0) is 6.42 Å². The average Bonchev–Trinajstić information content (AvgIpc) is 2.39. The lowest BCUT2D eigenvalue weighted by atomic mass is 10.0. The average molecular weight is 321 g/mol. The molecule has 0 spiro atoms. The Hall–Kier alpha value is -1.39. The molecule has 1 heterocycles. The zero-order chi connectivity index (χ0) is 13.8. The lowest BCUT2D eigenvalue weighted by Gasteiger charge is -2.15. The zero-order valence-corrected chi connectivity index (χ0v) is 12.6. The van der Waals surface area contributed by atoms with Crippen molar-refractivity contribution in [1.29, 1.82) is 0 Å². The van der Waals surface area contributed by atoms with Crippen LogP contribution in [0.1, 0.15) is 17.2 Å². The molecular formula is C15H17BrN2O. The number of rotatable bonds is 4. The number of benzene rings is 1. The largest absolute Gasteiger partial charge is 0.388 e. The summed E-state index contributed by atoms with van der Waals surface area (Å²) in [7, 11) is 4.00. The molecule has 1 atom stereocenters. The summed E-state index contributed by atoms with van der Waals surface area (Å²) >= 11 is 3.38. The summed E-state index contributed by atoms with van der Waals surface area (Å²) in [5, 5.41) is 10.2. The fourth-order valence-electron chi connectivity index (χ4n) is 1.90. The van der Waals surface area contributed by atoms with Crippen LogP contribution in [0.5, 0.6) is 0 Å². The van der Waals surface area contributed by atoms with E-state index in [0.717, 1.165) is 21.3 Å². The topological polar surface area (TPSA) is 36.4 Å². The minimum absolute atomic E-state index is 0.507. The molecule has 19 heavy (non-hydrogen) atoms. The van der Waals surface area contributed by atoms with E-state index in [2.05, 4.69) is 20.9 Å². The van der Waals surface area contributed by atoms with Crippen LogP contribution in [0, 0.1) is 0 Å². The predicted molar refractivity (Wildman–Crippen MR) is 81.4 cm³/mol. The number of aliphatic hydroxyl groups is 1. The van der Waals surface area contributed by atoms with Gasteiger partial charge < -0.3 is 10.0 Å². The summed E-state index contributed by atoms with van der Waals surface area (Å²) in [5.41, 5.74) is 3.06. The molecule has 0 saturated carbocycles. The first-order valence-corrected chi connectivity index (χ1v) is 6.90. The van der Waals surface area contributed by atoms with Crippen LogP contribution in [-0.4, -0.2) is 24.2 Å². The van der Waals surface area contributed by atoms with Gasteiger partial charge in [-0.05, 0) is 45.3 Å². The van der Waals surface area contributed by atoms with Gasteiger partial charge in [0.25, 0.3) is 0 Å². The number of hydrogen-bond donors (Lipinski definition) is 1. The molecule has 0 saturated heterocycles. The first-order chi connectivity index (χ1) is 9.06. The van der Waals surface area contributed by atoms with E-state index < -0.39 is 6.10 Å². The Morgan fingerprint density at radius 1 is 1.21 bits per heavy atom. The normalized spacial score (nSPS) is 12.2. The number of aliphatic hydroxyl groups excluding tert-OH is 1. The highest BCUT2D eigenvalue weighted by molar-refractivity contribution is 9.10. The van der Waals surface area contributed by atoms with Crippen molar-refractivity contribution in [3.8, 4) is 0 Å². The van der Waals surface area contributed by atoms with E-state index in [1.165, 1.54) is 0 Å². The van der Waals surface area contributed by atoms with E-state index >= 15 is 0 Å². The standard InChI is InChI=1S/C15H17BrN2O/c1-18(2)14-5-3-12(4-6-14)15(19)8-11-7-13(16)10-17-9-11/h3-7,9-10,15,19H,8H2,1-2H3. The van der Waals surface area contributed by atoms with Crippen molar-refractivity contribution in [2.75, 3.05) is 19.0 Å². The Kier molecular flexibility index (Phi) is 4.56. The predicted octanol–water partition coefficient (Wildman–Crippen LogP) is 3.19. The van der Waals surface area contributed by atoms with Crippen molar-refractivity contribution < 1.29 is 5.11 Å². The van der Waals surface area contributed by atoms with Gasteiger partial charge in [0.2, 0.25) is 0 Å². The molecule has 0 fully saturated rings. The van der Waals surface area contributed by atoms with Gasteiger partial charge >= 0.3 is 0 Å². The third kappa shape index (κ3) is 3.78. The molecule has 0 radical (unpaired) electrons. The Morgan fingerprint density at radius 2 is 1.89 bits per heavy atom. The number of aromatic nitrogens is 1. The van der Waals surface area contributed by atoms with E-state index in [0.29, 0.717) is 6.42 Å². The van der Waals surface area contributed by atoms with Gasteiger partial charge in [0.15, 0.2) is 0 Å². The highest BCUT2D eigenvalue weighted by Crippen LogP contribution is 2.22. The summed E-state index contributed by atoms with van der Waals surface area (Å²) in [4.78, 5) is 6.14. The van der Waals surface area contributed by atoms with Gasteiger partial charge in [-0.25, -0.2) is 0 Å². The monoisotopic (exact) mass is 320 g/mol. The number of nitrogens with zero attached hydrogens (tertiary/aromatic N) is 2. The molecule has 1 unspecified atom stereocenters. The van der Waals surface area contributed by atoms with Crippen LogP contribution >= 0.6 is 15.9 Å². The molecule has 100 valence electrons. The van der Waals surface area contributed by atoms with E-state index in [1.807, 2.05) is 49.3 Å². The van der Waals surface area contributed by atoms with Crippen molar-refractivity contribution in [3.05, 3.63) is 58.3 Å². The van der Waals surface area contributed by atoms with Crippen LogP contribution in [0.15, 0.2) is 47.2 Å². The van der Waals surface area contributed by atoms with E-state index in [1.54, 1.807) is 12.4 Å². The van der Waals surface area contributed by atoms with Crippen LogP contribution in [0.25, 0.3) is 0 Å². The molecular weight excluding hydrogens is 304 g/mol. The molecule has 4 heteroatoms. The molecule has 1 N–H and O–H groups in total. The number of pyridine rings is 1. The molecule has 3 nitrogen and oxygen atoms in total. The van der Waals surface area contributed by atoms with Crippen LogP contribution in [0.3, 0.4) is 0 Å². The van der Waals surface area contributed by atoms with Crippen molar-refractivity contribution in [2.45, 2.75) is 12.5 Å². The maximum Gasteiger partial charge on any atom is 0.0830 e. The van der Waals surface area contributed by atoms with E-state index in [4.69, 9.17) is 0 Å². The first kappa shape index (κ1) is 14.0. The van der Waals surface area contributed by atoms with Gasteiger partial charge in [0, 0.05) is 43.1 Å². The van der Waals surface area contributed by atoms with Crippen LogP contribution in [0.2, 0.25) is 0 Å². The van der Waals surface area contributed by atoms with Gasteiger partial charge in [-0.3, -0.25) is 4.98 Å². The summed E-state index contributed by atoms with van der Waals surface area (Å²) in [6.45, 7) is 0. The minimum Gasteiger partial charge on any atom is -0.388 e. The molecule has 0 bridgehead atoms. The second-order valence-electron chi connectivity index (χ2n) is 4.72. The van der Waals surface area contributed by atoms with Gasteiger partial charge in [0.05, 0.1) is 6.10 Å². The number of hydrogen-bond acceptors (Lipinski definition) is 3. The van der Waals surface area contributed by atoms with Crippen molar-refractivity contribution in [3.63, 3.8) is 0 Å². The Bertz CT molecular complexity index is 540. The molecule has 0 aliphatic heterocycles. The van der Waals surface area contributed by atoms with Gasteiger partial charge in [0.1, 0.15) is 0 Å². The van der Waals surface area contributed by atoms with E-state index in [9.17, 15) is 5.11 Å². The van der Waals surface area contributed by atoms with Gasteiger partial charge in [-0.1, -0.05) is 12.1 Å². The fourth-order valence-corrected chi connectivity index (χ4v) is 2.32. The Labute approximate surface area is 122 Å². The Balaban J connectivity index is 2.09. The van der Waals surface area contributed by atoms with Crippen molar-refractivity contribution in [2.24, 2.45) is 0 Å². The zero-order valence-electron chi connectivity index (χ0n) is 11.0. The SMILES string of the molecule is CN(C)c1ccc(C(O)Cc2cncc(Br)c2)cc1. The summed E-state index contributed by atoms with van der Waals surface area (Å²) in [5.74, 6) is 0. The third-order valence-electron chi connectivity index (χ3n) is 2.98. The molecule has 0 aliphatic rings. The maximum atomic E-state index is 10.2. The highest BCUT2D eigenvalue weighted by Gasteiger charge is 2.09. The maximum absolute atomic E-state index is 10.2. The molecule has 1 aromatic heterocycles. The summed E-state index contributed by atoms with van der Waals surface area (Å²) in [6, 6.07) is 9.93. The Morgan fingerprint density at radius 3 is 2.47 bits per heavy atom. The molecule has 2 rings (SSSR count). The lowest BCUT2D eigenvalue weighted by molar-refractivity contribution is 0.178. The first-order valence-electron chi connectivity index (χ1n) is 6.11. The third-order valence-corrected chi connectivity index (χ3v) is 3.42. The lowest BCUT2D eigenvalue weighted by Crippen LogP contribution is -2.09. The molecule has 1 aromatic carbocycles. The van der Waals surface area contributed by atoms with Crippen LogP contribution < -0.4 is 4.90 Å². The van der Waals surface area contributed by atoms with Gasteiger partial charge in [-0.15, -0.1) is 0 Å². The van der Waals surface area contributed by atoms with Crippen molar-refractivity contribution in [1.82, 2.24) is 4.98 Å². The fraction of sp³-hybridized carbons (Fsp3) is 0.267. The quantitative estimate of drug-likeness (QED) is 0.939. The number of halogens is 1. The second kappa shape index (κ2) is 6.17. The second-order valence-corrected chi connectivity index (χ2v) is 5.63. The van der Waals surface area contributed by atoms with Crippen molar-refractivity contribution >= 4 is 21.6 Å². The molecule has 2 aromatic rings. The molecule has 0 amide bonds. The van der Waals surface area contributed by atoms with Gasteiger partial charge in [-0.2, -0.15) is 0 Å². The summed E-state index contributed by atoms with van der Waals surface area (Å²) < 4.78 is 0.931. The molecule has 0 aliphatic carbocycles. The minimum atomic E-state index is -0.507. The highest BCUT2D eigenvalue weighted by atomic mass is 79.9. The summed E-state index contributed by atoms with van der Waals surface area (Å²) in [6.07, 6.45) is 3.57. The smallest absolute Gasteiger partial charge is 0.0830 e. The van der Waals surface area contributed by atoms with E-state index in [-0.39, 0.29) is 0 Å². The van der Waals surface area contributed by atoms with Crippen LogP contribution in [0.4, 0.5) is 5.69 Å².